The molecule has 0 radical (unpaired) electrons. The predicted molar refractivity (Wildman–Crippen MR) is 107 cm³/mol. The number of carbonyl (C=O) groups excluding carboxylic acids is 1. The number of anilines is 1. The Labute approximate surface area is 171 Å². The zero-order valence-electron chi connectivity index (χ0n) is 15.8. The summed E-state index contributed by atoms with van der Waals surface area (Å²) in [5.74, 6) is -1.79. The van der Waals surface area contributed by atoms with Crippen LogP contribution in [0.15, 0.2) is 42.7 Å². The fourth-order valence-electron chi connectivity index (χ4n) is 3.36. The number of hydrogen-bond donors (Lipinski definition) is 0. The first-order chi connectivity index (χ1) is 14.1. The number of ether oxygens (including phenoxy) is 1. The van der Waals surface area contributed by atoms with Gasteiger partial charge in [0.05, 0.1) is 17.4 Å². The maximum Gasteiger partial charge on any atom is 0.280 e. The Hall–Kier alpha value is -2.71. The largest absolute Gasteiger partial charge is 0.358 e. The highest BCUT2D eigenvalue weighted by atomic mass is 32.1. The number of nitrogens with zero attached hydrogens (tertiary/aromatic N) is 3. The molecule has 1 aliphatic rings. The van der Waals surface area contributed by atoms with E-state index in [-0.39, 0.29) is 22.2 Å². The van der Waals surface area contributed by atoms with Crippen molar-refractivity contribution < 1.29 is 18.3 Å². The van der Waals surface area contributed by atoms with Gasteiger partial charge in [-0.05, 0) is 50.5 Å². The van der Waals surface area contributed by atoms with Crippen molar-refractivity contribution in [1.29, 1.82) is 0 Å². The highest BCUT2D eigenvalue weighted by molar-refractivity contribution is 7.15. The molecule has 3 heterocycles. The van der Waals surface area contributed by atoms with E-state index in [1.807, 2.05) is 0 Å². The van der Waals surface area contributed by atoms with Gasteiger partial charge >= 0.3 is 0 Å². The van der Waals surface area contributed by atoms with E-state index in [2.05, 4.69) is 9.97 Å². The number of amides is 1. The lowest BCUT2D eigenvalue weighted by Gasteiger charge is -2.33. The van der Waals surface area contributed by atoms with Crippen LogP contribution in [0.2, 0.25) is 0 Å². The van der Waals surface area contributed by atoms with Crippen LogP contribution in [0.3, 0.4) is 0 Å². The summed E-state index contributed by atoms with van der Waals surface area (Å²) in [7, 11) is 0. The molecule has 1 amide bonds. The third kappa shape index (κ3) is 3.90. The average molecular weight is 415 g/mol. The third-order valence-corrected chi connectivity index (χ3v) is 5.75. The molecule has 0 aliphatic carbocycles. The van der Waals surface area contributed by atoms with Crippen LogP contribution in [-0.2, 0) is 4.74 Å². The van der Waals surface area contributed by atoms with Gasteiger partial charge in [-0.3, -0.25) is 14.7 Å². The van der Waals surface area contributed by atoms with Crippen LogP contribution in [0, 0.1) is 18.6 Å². The SMILES string of the molecule is Cc1sc(-c2c(F)cccc2F)nc1C(=O)N(c1cccnc1)C1CCCCO1. The van der Waals surface area contributed by atoms with Crippen molar-refractivity contribution in [3.8, 4) is 10.6 Å². The number of thiazole rings is 1. The Morgan fingerprint density at radius 1 is 1.21 bits per heavy atom. The summed E-state index contributed by atoms with van der Waals surface area (Å²) >= 11 is 1.09. The lowest BCUT2D eigenvalue weighted by molar-refractivity contribution is 0.0143. The number of pyridine rings is 1. The lowest BCUT2D eigenvalue weighted by atomic mass is 10.1. The van der Waals surface area contributed by atoms with Gasteiger partial charge in [-0.1, -0.05) is 6.07 Å². The van der Waals surface area contributed by atoms with E-state index in [9.17, 15) is 13.6 Å². The molecular formula is C21H19F2N3O2S. The Morgan fingerprint density at radius 3 is 2.66 bits per heavy atom. The first-order valence-electron chi connectivity index (χ1n) is 9.33. The first-order valence-corrected chi connectivity index (χ1v) is 10.1. The number of aryl methyl sites for hydroxylation is 1. The smallest absolute Gasteiger partial charge is 0.280 e. The minimum atomic E-state index is -0.711. The maximum atomic E-state index is 14.2. The van der Waals surface area contributed by atoms with Crippen molar-refractivity contribution in [3.63, 3.8) is 0 Å². The van der Waals surface area contributed by atoms with E-state index < -0.39 is 17.9 Å². The van der Waals surface area contributed by atoms with E-state index in [1.54, 1.807) is 31.5 Å². The topological polar surface area (TPSA) is 55.3 Å². The molecule has 150 valence electrons. The van der Waals surface area contributed by atoms with Crippen LogP contribution in [0.25, 0.3) is 10.6 Å². The van der Waals surface area contributed by atoms with Crippen molar-refractivity contribution in [2.75, 3.05) is 11.5 Å². The quantitative estimate of drug-likeness (QED) is 0.604. The average Bonchev–Trinajstić information content (AvgIpc) is 3.11. The second-order valence-corrected chi connectivity index (χ2v) is 7.93. The van der Waals surface area contributed by atoms with Gasteiger partial charge in [0.15, 0.2) is 0 Å². The first kappa shape index (κ1) is 19.6. The molecule has 1 aromatic carbocycles. The van der Waals surface area contributed by atoms with Gasteiger partial charge in [0.25, 0.3) is 5.91 Å². The molecule has 8 heteroatoms. The number of hydrogen-bond acceptors (Lipinski definition) is 5. The number of rotatable bonds is 4. The molecule has 1 saturated heterocycles. The van der Waals surface area contributed by atoms with Crippen LogP contribution in [-0.4, -0.2) is 28.7 Å². The summed E-state index contributed by atoms with van der Waals surface area (Å²) in [6.45, 7) is 2.28. The molecule has 0 saturated carbocycles. The number of carbonyl (C=O) groups is 1. The summed E-state index contributed by atoms with van der Waals surface area (Å²) in [4.78, 5) is 24.0. The monoisotopic (exact) mass is 415 g/mol. The highest BCUT2D eigenvalue weighted by Crippen LogP contribution is 2.33. The molecule has 0 spiro atoms. The molecule has 0 bridgehead atoms. The molecule has 4 rings (SSSR count). The molecule has 29 heavy (non-hydrogen) atoms. The normalized spacial score (nSPS) is 16.6. The summed E-state index contributed by atoms with van der Waals surface area (Å²) in [6, 6.07) is 7.17. The molecule has 5 nitrogen and oxygen atoms in total. The Balaban J connectivity index is 1.74. The molecule has 2 aromatic heterocycles. The van der Waals surface area contributed by atoms with Crippen molar-refractivity contribution in [2.45, 2.75) is 32.4 Å². The summed E-state index contributed by atoms with van der Waals surface area (Å²) in [6.07, 6.45) is 5.36. The zero-order chi connectivity index (χ0) is 20.4. The molecule has 1 atom stereocenters. The maximum absolute atomic E-state index is 14.2. The molecule has 1 unspecified atom stereocenters. The summed E-state index contributed by atoms with van der Waals surface area (Å²) in [5, 5.41) is 0.136. The highest BCUT2D eigenvalue weighted by Gasteiger charge is 2.32. The van der Waals surface area contributed by atoms with Gasteiger partial charge in [-0.2, -0.15) is 0 Å². The van der Waals surface area contributed by atoms with Gasteiger partial charge in [0, 0.05) is 17.7 Å². The van der Waals surface area contributed by atoms with Crippen molar-refractivity contribution in [1.82, 2.24) is 9.97 Å². The Kier molecular flexibility index (Phi) is 5.64. The molecule has 0 N–H and O–H groups in total. The fraction of sp³-hybridized carbons (Fsp3) is 0.286. The van der Waals surface area contributed by atoms with Gasteiger partial charge in [-0.25, -0.2) is 13.8 Å². The second-order valence-electron chi connectivity index (χ2n) is 6.73. The van der Waals surface area contributed by atoms with Crippen LogP contribution in [0.4, 0.5) is 14.5 Å². The van der Waals surface area contributed by atoms with Gasteiger partial charge in [-0.15, -0.1) is 11.3 Å². The zero-order valence-corrected chi connectivity index (χ0v) is 16.6. The Morgan fingerprint density at radius 2 is 2.00 bits per heavy atom. The predicted octanol–water partition coefficient (Wildman–Crippen LogP) is 4.97. The third-order valence-electron chi connectivity index (χ3n) is 4.76. The van der Waals surface area contributed by atoms with Gasteiger partial charge in [0.1, 0.15) is 28.6 Å². The van der Waals surface area contributed by atoms with Crippen molar-refractivity contribution >= 4 is 22.9 Å². The minimum absolute atomic E-state index is 0.136. The van der Waals surface area contributed by atoms with Crippen LogP contribution >= 0.6 is 11.3 Å². The van der Waals surface area contributed by atoms with Gasteiger partial charge < -0.3 is 4.74 Å². The standard InChI is InChI=1S/C21H19F2N3O2S/c1-13-19(25-20(29-13)18-15(22)7-4-8-16(18)23)21(27)26(14-6-5-10-24-12-14)17-9-2-3-11-28-17/h4-8,10,12,17H,2-3,9,11H2,1H3. The van der Waals surface area contributed by atoms with Gasteiger partial charge in [0.2, 0.25) is 0 Å². The van der Waals surface area contributed by atoms with E-state index in [4.69, 9.17) is 4.74 Å². The molecule has 1 fully saturated rings. The van der Waals surface area contributed by atoms with Crippen LogP contribution in [0.5, 0.6) is 0 Å². The fourth-order valence-corrected chi connectivity index (χ4v) is 4.31. The van der Waals surface area contributed by atoms with Crippen molar-refractivity contribution in [2.24, 2.45) is 0 Å². The van der Waals surface area contributed by atoms with Crippen molar-refractivity contribution in [3.05, 3.63) is 64.9 Å². The Bertz CT molecular complexity index is 1000. The molecular weight excluding hydrogens is 396 g/mol. The van der Waals surface area contributed by atoms with E-state index in [0.717, 1.165) is 24.2 Å². The van der Waals surface area contributed by atoms with Crippen LogP contribution in [0.1, 0.15) is 34.6 Å². The molecule has 3 aromatic rings. The minimum Gasteiger partial charge on any atom is -0.358 e. The summed E-state index contributed by atoms with van der Waals surface area (Å²) < 4.78 is 34.2. The number of benzene rings is 1. The van der Waals surface area contributed by atoms with E-state index in [0.29, 0.717) is 23.6 Å². The number of halogens is 2. The molecule has 1 aliphatic heterocycles. The second kappa shape index (κ2) is 8.34. The van der Waals surface area contributed by atoms with Crippen LogP contribution < -0.4 is 4.90 Å². The number of aromatic nitrogens is 2. The van der Waals surface area contributed by atoms with E-state index in [1.165, 1.54) is 23.1 Å². The lowest BCUT2D eigenvalue weighted by Crippen LogP contribution is -2.44. The van der Waals surface area contributed by atoms with E-state index >= 15 is 0 Å². The summed E-state index contributed by atoms with van der Waals surface area (Å²) in [5.41, 5.74) is 0.530.